The van der Waals surface area contributed by atoms with Gasteiger partial charge in [0.2, 0.25) is 0 Å². The standard InChI is InChI=1S/C29H27FN2O2/c1-18-13-14-27(30)28(31-18)19-15-20-7-6-8-21(16-19)32(20)29(33)34-17-26-24-11-4-2-9-22(24)23-10-3-5-12-25(23)26/h2-5,9-15,20-21,26H,6-8,16-17H2,1H3. The van der Waals surface area contributed by atoms with Gasteiger partial charge in [0, 0.05) is 17.7 Å². The first-order valence-electron chi connectivity index (χ1n) is 12.1. The molecule has 0 radical (unpaired) electrons. The van der Waals surface area contributed by atoms with Crippen molar-refractivity contribution in [3.8, 4) is 11.1 Å². The van der Waals surface area contributed by atoms with Crippen LogP contribution in [0.25, 0.3) is 16.7 Å². The quantitative estimate of drug-likeness (QED) is 0.454. The van der Waals surface area contributed by atoms with Gasteiger partial charge in [0.25, 0.3) is 0 Å². The number of halogens is 1. The summed E-state index contributed by atoms with van der Waals surface area (Å²) in [5.41, 5.74) is 6.96. The zero-order valence-corrected chi connectivity index (χ0v) is 19.2. The number of amides is 1. The Morgan fingerprint density at radius 2 is 1.74 bits per heavy atom. The van der Waals surface area contributed by atoms with Crippen LogP contribution in [0.2, 0.25) is 0 Å². The summed E-state index contributed by atoms with van der Waals surface area (Å²) in [7, 11) is 0. The number of fused-ring (bicyclic) bond motifs is 5. The van der Waals surface area contributed by atoms with Crippen molar-refractivity contribution < 1.29 is 13.9 Å². The highest BCUT2D eigenvalue weighted by molar-refractivity contribution is 5.79. The molecule has 1 amide bonds. The fourth-order valence-corrected chi connectivity index (χ4v) is 5.92. The molecule has 6 rings (SSSR count). The highest BCUT2D eigenvalue weighted by atomic mass is 19.1. The van der Waals surface area contributed by atoms with Crippen molar-refractivity contribution in [1.82, 2.24) is 9.88 Å². The summed E-state index contributed by atoms with van der Waals surface area (Å²) >= 11 is 0. The number of hydrogen-bond donors (Lipinski definition) is 0. The molecule has 0 spiro atoms. The number of carbonyl (C=O) groups is 1. The van der Waals surface area contributed by atoms with Crippen LogP contribution >= 0.6 is 0 Å². The van der Waals surface area contributed by atoms with Gasteiger partial charge < -0.3 is 4.74 Å². The second-order valence-corrected chi connectivity index (χ2v) is 9.54. The van der Waals surface area contributed by atoms with Gasteiger partial charge in [-0.2, -0.15) is 0 Å². The molecule has 2 bridgehead atoms. The Morgan fingerprint density at radius 3 is 2.44 bits per heavy atom. The van der Waals surface area contributed by atoms with E-state index < -0.39 is 0 Å². The van der Waals surface area contributed by atoms with E-state index in [-0.39, 0.29) is 29.9 Å². The summed E-state index contributed by atoms with van der Waals surface area (Å²) in [5.74, 6) is -0.262. The zero-order valence-electron chi connectivity index (χ0n) is 19.2. The number of benzene rings is 2. The lowest BCUT2D eigenvalue weighted by atomic mass is 9.84. The predicted molar refractivity (Wildman–Crippen MR) is 130 cm³/mol. The largest absolute Gasteiger partial charge is 0.448 e. The van der Waals surface area contributed by atoms with Gasteiger partial charge in [-0.05, 0) is 72.6 Å². The summed E-state index contributed by atoms with van der Waals surface area (Å²) in [4.78, 5) is 19.7. The Balaban J connectivity index is 1.23. The molecule has 2 aromatic carbocycles. The van der Waals surface area contributed by atoms with Crippen LogP contribution in [0.4, 0.5) is 9.18 Å². The number of nitrogens with zero attached hydrogens (tertiary/aromatic N) is 2. The Labute approximate surface area is 199 Å². The van der Waals surface area contributed by atoms with Crippen molar-refractivity contribution in [2.75, 3.05) is 6.61 Å². The molecular formula is C29H27FN2O2. The van der Waals surface area contributed by atoms with E-state index in [2.05, 4.69) is 41.4 Å². The molecule has 3 aromatic rings. The molecule has 1 saturated heterocycles. The van der Waals surface area contributed by atoms with Crippen LogP contribution in [-0.2, 0) is 4.74 Å². The molecule has 3 aliphatic rings. The number of carbonyl (C=O) groups excluding carboxylic acids is 1. The Bertz CT molecular complexity index is 1260. The first-order chi connectivity index (χ1) is 16.6. The number of pyridine rings is 1. The van der Waals surface area contributed by atoms with Crippen LogP contribution in [0, 0.1) is 12.7 Å². The second-order valence-electron chi connectivity index (χ2n) is 9.54. The fraction of sp³-hybridized carbons (Fsp3) is 0.310. The molecule has 5 heteroatoms. The summed E-state index contributed by atoms with van der Waals surface area (Å²) in [6.07, 6.45) is 5.17. The topological polar surface area (TPSA) is 42.4 Å². The maximum absolute atomic E-state index is 14.5. The minimum absolute atomic E-state index is 0.0103. The third-order valence-electron chi connectivity index (χ3n) is 7.47. The minimum atomic E-state index is -0.301. The Morgan fingerprint density at radius 1 is 1.03 bits per heavy atom. The summed E-state index contributed by atoms with van der Waals surface area (Å²) in [6, 6.07) is 19.8. The second kappa shape index (κ2) is 8.39. The lowest BCUT2D eigenvalue weighted by Gasteiger charge is -2.44. The third kappa shape index (κ3) is 3.51. The lowest BCUT2D eigenvalue weighted by Crippen LogP contribution is -2.52. The average Bonchev–Trinajstić information content (AvgIpc) is 3.17. The minimum Gasteiger partial charge on any atom is -0.448 e. The third-order valence-corrected chi connectivity index (χ3v) is 7.47. The van der Waals surface area contributed by atoms with Crippen LogP contribution in [0.3, 0.4) is 0 Å². The molecule has 2 atom stereocenters. The van der Waals surface area contributed by atoms with Gasteiger partial charge in [-0.15, -0.1) is 0 Å². The zero-order chi connectivity index (χ0) is 23.2. The van der Waals surface area contributed by atoms with Crippen molar-refractivity contribution in [2.45, 2.75) is 50.6 Å². The van der Waals surface area contributed by atoms with Gasteiger partial charge in [-0.25, -0.2) is 9.18 Å². The molecule has 2 unspecified atom stereocenters. The van der Waals surface area contributed by atoms with Crippen molar-refractivity contribution >= 4 is 11.7 Å². The maximum atomic E-state index is 14.5. The number of ether oxygens (including phenoxy) is 1. The molecule has 1 aliphatic carbocycles. The molecule has 1 fully saturated rings. The van der Waals surface area contributed by atoms with E-state index in [0.29, 0.717) is 18.7 Å². The van der Waals surface area contributed by atoms with E-state index in [4.69, 9.17) is 4.74 Å². The van der Waals surface area contributed by atoms with E-state index in [1.54, 1.807) is 6.07 Å². The Hall–Kier alpha value is -3.47. The van der Waals surface area contributed by atoms with E-state index in [9.17, 15) is 9.18 Å². The molecule has 0 saturated carbocycles. The van der Waals surface area contributed by atoms with Crippen molar-refractivity contribution in [2.24, 2.45) is 0 Å². The molecule has 1 aromatic heterocycles. The smallest absolute Gasteiger partial charge is 0.410 e. The van der Waals surface area contributed by atoms with E-state index in [1.165, 1.54) is 28.3 Å². The van der Waals surface area contributed by atoms with Gasteiger partial charge >= 0.3 is 6.09 Å². The van der Waals surface area contributed by atoms with Crippen LogP contribution < -0.4 is 0 Å². The molecule has 4 nitrogen and oxygen atoms in total. The maximum Gasteiger partial charge on any atom is 0.410 e. The first-order valence-corrected chi connectivity index (χ1v) is 12.1. The number of hydrogen-bond acceptors (Lipinski definition) is 3. The number of aryl methyl sites for hydroxylation is 1. The van der Waals surface area contributed by atoms with E-state index in [1.807, 2.05) is 30.0 Å². The predicted octanol–water partition coefficient (Wildman–Crippen LogP) is 6.49. The number of rotatable bonds is 3. The fourth-order valence-electron chi connectivity index (χ4n) is 5.92. The molecule has 0 N–H and O–H groups in total. The molecule has 2 aliphatic heterocycles. The van der Waals surface area contributed by atoms with Gasteiger partial charge in [0.1, 0.15) is 18.1 Å². The Kier molecular flexibility index (Phi) is 5.20. The monoisotopic (exact) mass is 454 g/mol. The van der Waals surface area contributed by atoms with Gasteiger partial charge in [-0.3, -0.25) is 9.88 Å². The molecule has 3 heterocycles. The van der Waals surface area contributed by atoms with Crippen molar-refractivity contribution in [3.63, 3.8) is 0 Å². The van der Waals surface area contributed by atoms with E-state index in [0.717, 1.165) is 30.5 Å². The molecule has 34 heavy (non-hydrogen) atoms. The SMILES string of the molecule is Cc1ccc(F)c(C2=CC3CCCC(C2)N3C(=O)OCC2c3ccccc3-c3ccccc32)n1. The number of piperidine rings is 1. The highest BCUT2D eigenvalue weighted by Crippen LogP contribution is 2.45. The van der Waals surface area contributed by atoms with Crippen LogP contribution in [0.5, 0.6) is 0 Å². The van der Waals surface area contributed by atoms with Crippen molar-refractivity contribution in [3.05, 3.63) is 95.1 Å². The van der Waals surface area contributed by atoms with Crippen LogP contribution in [0.15, 0.2) is 66.7 Å². The van der Waals surface area contributed by atoms with Crippen LogP contribution in [-0.4, -0.2) is 34.7 Å². The van der Waals surface area contributed by atoms with Gasteiger partial charge in [-0.1, -0.05) is 54.6 Å². The van der Waals surface area contributed by atoms with E-state index >= 15 is 0 Å². The molecule has 172 valence electrons. The summed E-state index contributed by atoms with van der Waals surface area (Å²) in [6.45, 7) is 2.18. The molecular weight excluding hydrogens is 427 g/mol. The normalized spacial score (nSPS) is 21.0. The lowest BCUT2D eigenvalue weighted by molar-refractivity contribution is 0.0538. The first kappa shape index (κ1) is 21.1. The highest BCUT2D eigenvalue weighted by Gasteiger charge is 2.39. The van der Waals surface area contributed by atoms with Gasteiger partial charge in [0.15, 0.2) is 0 Å². The van der Waals surface area contributed by atoms with Gasteiger partial charge in [0.05, 0.1) is 6.04 Å². The number of aromatic nitrogens is 1. The summed E-state index contributed by atoms with van der Waals surface area (Å²) < 4.78 is 20.5. The average molecular weight is 455 g/mol. The van der Waals surface area contributed by atoms with Crippen LogP contribution in [0.1, 0.15) is 54.1 Å². The van der Waals surface area contributed by atoms with Crippen molar-refractivity contribution in [1.29, 1.82) is 0 Å². The summed E-state index contributed by atoms with van der Waals surface area (Å²) in [5, 5.41) is 0.